The van der Waals surface area contributed by atoms with Gasteiger partial charge in [-0.2, -0.15) is 5.26 Å². The zero-order chi connectivity index (χ0) is 11.5. The highest BCUT2D eigenvalue weighted by molar-refractivity contribution is 9.10. The fraction of sp³-hybridized carbons (Fsp3) is 0.125. The Morgan fingerprint density at radius 3 is 2.80 bits per heavy atom. The monoisotopic (exact) mass is 308 g/mol. The van der Waals surface area contributed by atoms with E-state index in [-0.39, 0.29) is 0 Å². The largest absolute Gasteiger partial charge is 0.281 e. The minimum Gasteiger partial charge on any atom is -0.281 e. The fourth-order valence-corrected chi connectivity index (χ4v) is 2.29. The second-order valence-electron chi connectivity index (χ2n) is 2.62. The Kier molecular flexibility index (Phi) is 3.97. The molecule has 7 heteroatoms. The molecule has 1 N–H and O–H groups in total. The van der Waals surface area contributed by atoms with Crippen molar-refractivity contribution in [2.75, 3.05) is 10.5 Å². The summed E-state index contributed by atoms with van der Waals surface area (Å²) in [6.07, 6.45) is 0. The lowest BCUT2D eigenvalue weighted by Gasteiger charge is -2.07. The molecule has 0 aromatic heterocycles. The molecular weight excluding hydrogens is 304 g/mol. The third kappa shape index (κ3) is 3.38. The van der Waals surface area contributed by atoms with Gasteiger partial charge in [0.15, 0.2) is 5.75 Å². The van der Waals surface area contributed by atoms with Crippen LogP contribution in [0.3, 0.4) is 0 Å². The van der Waals surface area contributed by atoms with Crippen LogP contribution in [0, 0.1) is 11.3 Å². The first-order valence-corrected chi connectivity index (χ1v) is 6.60. The molecule has 0 atom stereocenters. The van der Waals surface area contributed by atoms with E-state index in [0.717, 1.165) is 0 Å². The molecule has 1 rings (SSSR count). The van der Waals surface area contributed by atoms with Gasteiger partial charge in [-0.05, 0) is 28.1 Å². The van der Waals surface area contributed by atoms with Gasteiger partial charge < -0.3 is 0 Å². The zero-order valence-corrected chi connectivity index (χ0v) is 10.5. The molecule has 0 heterocycles. The molecule has 15 heavy (non-hydrogen) atoms. The maximum Gasteiger partial charge on any atom is 0.246 e. The van der Waals surface area contributed by atoms with Crippen molar-refractivity contribution >= 4 is 43.2 Å². The molecule has 0 aliphatic carbocycles. The number of anilines is 1. The zero-order valence-electron chi connectivity index (χ0n) is 7.37. The number of hydrogen-bond donors (Lipinski definition) is 1. The molecular formula is C8H6BrClN2O2S. The lowest BCUT2D eigenvalue weighted by atomic mass is 10.3. The van der Waals surface area contributed by atoms with E-state index in [0.29, 0.717) is 15.2 Å². The summed E-state index contributed by atoms with van der Waals surface area (Å²) >= 11 is 8.92. The summed E-state index contributed by atoms with van der Waals surface area (Å²) in [5.74, 6) is -0.591. The second kappa shape index (κ2) is 4.84. The van der Waals surface area contributed by atoms with Crippen molar-refractivity contribution in [2.45, 2.75) is 0 Å². The number of nitrogens with zero attached hydrogens (tertiary/aromatic N) is 1. The minimum atomic E-state index is -3.62. The summed E-state index contributed by atoms with van der Waals surface area (Å²) in [5.41, 5.74) is 0.317. The van der Waals surface area contributed by atoms with Crippen LogP contribution < -0.4 is 4.72 Å². The van der Waals surface area contributed by atoms with Gasteiger partial charge in [0.05, 0.1) is 21.3 Å². The summed E-state index contributed by atoms with van der Waals surface area (Å²) < 4.78 is 25.2. The molecule has 0 saturated carbocycles. The van der Waals surface area contributed by atoms with Gasteiger partial charge in [0.1, 0.15) is 0 Å². The summed E-state index contributed by atoms with van der Waals surface area (Å²) in [4.78, 5) is 0. The van der Waals surface area contributed by atoms with Gasteiger partial charge in [-0.25, -0.2) is 8.42 Å². The van der Waals surface area contributed by atoms with Crippen LogP contribution in [0.5, 0.6) is 0 Å². The molecule has 0 aliphatic heterocycles. The quantitative estimate of drug-likeness (QED) is 0.932. The molecule has 80 valence electrons. The topological polar surface area (TPSA) is 70.0 Å². The van der Waals surface area contributed by atoms with Crippen molar-refractivity contribution in [1.29, 1.82) is 5.26 Å². The Hall–Kier alpha value is -0.770. The van der Waals surface area contributed by atoms with Crippen molar-refractivity contribution in [3.63, 3.8) is 0 Å². The molecule has 0 spiro atoms. The SMILES string of the molecule is N#CCS(=O)(=O)Nc1cccc(Cl)c1Br. The van der Waals surface area contributed by atoms with Gasteiger partial charge in [-0.15, -0.1) is 0 Å². The van der Waals surface area contributed by atoms with Crippen molar-refractivity contribution in [3.8, 4) is 6.07 Å². The average Bonchev–Trinajstić information content (AvgIpc) is 2.12. The molecule has 0 bridgehead atoms. The van der Waals surface area contributed by atoms with Crippen LogP contribution in [0.2, 0.25) is 5.02 Å². The maximum atomic E-state index is 11.3. The van der Waals surface area contributed by atoms with Crippen molar-refractivity contribution in [1.82, 2.24) is 0 Å². The lowest BCUT2D eigenvalue weighted by molar-refractivity contribution is 0.604. The maximum absolute atomic E-state index is 11.3. The van der Waals surface area contributed by atoms with Crippen LogP contribution in [-0.4, -0.2) is 14.2 Å². The third-order valence-electron chi connectivity index (χ3n) is 1.47. The van der Waals surface area contributed by atoms with Crippen LogP contribution in [0.25, 0.3) is 0 Å². The number of rotatable bonds is 3. The van der Waals surface area contributed by atoms with Crippen LogP contribution in [0.1, 0.15) is 0 Å². The number of halogens is 2. The van der Waals surface area contributed by atoms with Gasteiger partial charge >= 0.3 is 0 Å². The van der Waals surface area contributed by atoms with Gasteiger partial charge in [-0.3, -0.25) is 4.72 Å². The van der Waals surface area contributed by atoms with Crippen molar-refractivity contribution in [2.24, 2.45) is 0 Å². The van der Waals surface area contributed by atoms with Crippen LogP contribution in [-0.2, 0) is 10.0 Å². The summed E-state index contributed by atoms with van der Waals surface area (Å²) in [6.45, 7) is 0. The summed E-state index contributed by atoms with van der Waals surface area (Å²) in [6, 6.07) is 6.34. The smallest absolute Gasteiger partial charge is 0.246 e. The number of nitrogens with one attached hydrogen (secondary N) is 1. The molecule has 0 unspecified atom stereocenters. The number of sulfonamides is 1. The lowest BCUT2D eigenvalue weighted by Crippen LogP contribution is -2.15. The normalized spacial score (nSPS) is 10.7. The Bertz CT molecular complexity index is 510. The van der Waals surface area contributed by atoms with E-state index in [4.69, 9.17) is 16.9 Å². The first-order valence-electron chi connectivity index (χ1n) is 3.78. The van der Waals surface area contributed by atoms with E-state index in [1.165, 1.54) is 0 Å². The fourth-order valence-electron chi connectivity index (χ4n) is 0.871. The van der Waals surface area contributed by atoms with E-state index < -0.39 is 15.8 Å². The van der Waals surface area contributed by atoms with Crippen LogP contribution in [0.4, 0.5) is 5.69 Å². The highest BCUT2D eigenvalue weighted by Crippen LogP contribution is 2.30. The van der Waals surface area contributed by atoms with E-state index >= 15 is 0 Å². The average molecular weight is 310 g/mol. The van der Waals surface area contributed by atoms with E-state index in [2.05, 4.69) is 20.7 Å². The van der Waals surface area contributed by atoms with Gasteiger partial charge in [0.25, 0.3) is 0 Å². The Morgan fingerprint density at radius 2 is 2.20 bits per heavy atom. The van der Waals surface area contributed by atoms with Gasteiger partial charge in [0.2, 0.25) is 10.0 Å². The molecule has 0 radical (unpaired) electrons. The molecule has 0 amide bonds. The molecule has 0 saturated heterocycles. The first-order chi connectivity index (χ1) is 6.96. The highest BCUT2D eigenvalue weighted by atomic mass is 79.9. The minimum absolute atomic E-state index is 0.317. The molecule has 0 aliphatic rings. The van der Waals surface area contributed by atoms with E-state index in [9.17, 15) is 8.42 Å². The Morgan fingerprint density at radius 1 is 1.53 bits per heavy atom. The van der Waals surface area contributed by atoms with Crippen molar-refractivity contribution in [3.05, 3.63) is 27.7 Å². The molecule has 1 aromatic carbocycles. The van der Waals surface area contributed by atoms with Crippen LogP contribution >= 0.6 is 27.5 Å². The van der Waals surface area contributed by atoms with Crippen LogP contribution in [0.15, 0.2) is 22.7 Å². The summed E-state index contributed by atoms with van der Waals surface area (Å²) in [5, 5.41) is 8.69. The molecule has 0 fully saturated rings. The number of nitriles is 1. The second-order valence-corrected chi connectivity index (χ2v) is 5.54. The first kappa shape index (κ1) is 12.3. The standard InChI is InChI=1S/C8H6BrClN2O2S/c9-8-6(10)2-1-3-7(8)12-15(13,14)5-4-11/h1-3,12H,5H2. The van der Waals surface area contributed by atoms with Gasteiger partial charge in [-0.1, -0.05) is 17.7 Å². The van der Waals surface area contributed by atoms with Gasteiger partial charge in [0, 0.05) is 0 Å². The Labute approximate surface area is 101 Å². The predicted octanol–water partition coefficient (Wildman–Crippen LogP) is 2.37. The van der Waals surface area contributed by atoms with E-state index in [1.807, 2.05) is 0 Å². The number of benzene rings is 1. The Balaban J connectivity index is 3.02. The predicted molar refractivity (Wildman–Crippen MR) is 62.2 cm³/mol. The van der Waals surface area contributed by atoms with E-state index in [1.54, 1.807) is 24.3 Å². The van der Waals surface area contributed by atoms with Crippen molar-refractivity contribution < 1.29 is 8.42 Å². The third-order valence-corrected chi connectivity index (χ3v) is 3.91. The molecule has 4 nitrogen and oxygen atoms in total. The number of hydrogen-bond acceptors (Lipinski definition) is 3. The summed E-state index contributed by atoms with van der Waals surface area (Å²) in [7, 11) is -3.62. The molecule has 1 aromatic rings. The highest BCUT2D eigenvalue weighted by Gasteiger charge is 2.12.